The van der Waals surface area contributed by atoms with Crippen LogP contribution in [-0.4, -0.2) is 79.2 Å². The maximum atomic E-state index is 12.8. The van der Waals surface area contributed by atoms with Crippen LogP contribution >= 0.6 is 11.3 Å². The minimum atomic E-state index is 0.184. The average Bonchev–Trinajstić information content (AvgIpc) is 3.23. The molecule has 0 aliphatic carbocycles. The van der Waals surface area contributed by atoms with Gasteiger partial charge in [-0.2, -0.15) is 0 Å². The molecule has 4 rings (SSSR count). The summed E-state index contributed by atoms with van der Waals surface area (Å²) in [6.07, 6.45) is 6.44. The highest BCUT2D eigenvalue weighted by Crippen LogP contribution is 2.28. The largest absolute Gasteiger partial charge is 0.378 e. The molecule has 7 heteroatoms. The summed E-state index contributed by atoms with van der Waals surface area (Å²) in [5.74, 6) is 0.539. The van der Waals surface area contributed by atoms with Gasteiger partial charge in [0.1, 0.15) is 0 Å². The molecule has 1 aromatic heterocycles. The van der Waals surface area contributed by atoms with Crippen molar-refractivity contribution in [1.82, 2.24) is 14.8 Å². The van der Waals surface area contributed by atoms with Gasteiger partial charge in [0.15, 0.2) is 5.13 Å². The number of hydrogen-bond donors (Lipinski definition) is 0. The molecule has 1 amide bonds. The van der Waals surface area contributed by atoms with Crippen molar-refractivity contribution in [2.24, 2.45) is 5.92 Å². The van der Waals surface area contributed by atoms with Crippen LogP contribution in [0, 0.1) is 5.92 Å². The topological polar surface area (TPSA) is 48.9 Å². The van der Waals surface area contributed by atoms with E-state index < -0.39 is 0 Å². The Hall–Kier alpha value is -1.18. The average molecular weight is 365 g/mol. The summed E-state index contributed by atoms with van der Waals surface area (Å²) in [6.45, 7) is 7.16. The van der Waals surface area contributed by atoms with Crippen molar-refractivity contribution in [1.29, 1.82) is 0 Å². The molecule has 0 bridgehead atoms. The molecule has 0 saturated carbocycles. The maximum Gasteiger partial charge on any atom is 0.227 e. The van der Waals surface area contributed by atoms with Crippen LogP contribution in [0.15, 0.2) is 11.6 Å². The van der Waals surface area contributed by atoms with Crippen molar-refractivity contribution < 1.29 is 9.53 Å². The van der Waals surface area contributed by atoms with E-state index in [9.17, 15) is 4.79 Å². The Morgan fingerprint density at radius 3 is 2.64 bits per heavy atom. The Morgan fingerprint density at radius 2 is 1.92 bits per heavy atom. The molecule has 1 atom stereocenters. The first kappa shape index (κ1) is 17.2. The third kappa shape index (κ3) is 3.99. The Bertz CT molecular complexity index is 553. The number of piperidine rings is 2. The zero-order valence-corrected chi connectivity index (χ0v) is 15.6. The van der Waals surface area contributed by atoms with Crippen LogP contribution in [0.2, 0.25) is 0 Å². The van der Waals surface area contributed by atoms with Gasteiger partial charge in [-0.3, -0.25) is 9.69 Å². The first-order valence-corrected chi connectivity index (χ1v) is 10.4. The molecule has 3 aliphatic rings. The lowest BCUT2D eigenvalue weighted by Gasteiger charge is -2.43. The molecule has 1 aromatic rings. The highest BCUT2D eigenvalue weighted by atomic mass is 32.1. The van der Waals surface area contributed by atoms with Crippen molar-refractivity contribution in [3.8, 4) is 0 Å². The molecular weight excluding hydrogens is 336 g/mol. The van der Waals surface area contributed by atoms with E-state index in [0.717, 1.165) is 57.2 Å². The van der Waals surface area contributed by atoms with Gasteiger partial charge < -0.3 is 14.5 Å². The quantitative estimate of drug-likeness (QED) is 0.817. The number of carbonyl (C=O) groups is 1. The van der Waals surface area contributed by atoms with Gasteiger partial charge in [-0.25, -0.2) is 4.98 Å². The number of ether oxygens (including phenoxy) is 1. The van der Waals surface area contributed by atoms with Gasteiger partial charge in [0, 0.05) is 50.3 Å². The van der Waals surface area contributed by atoms with Crippen LogP contribution in [-0.2, 0) is 9.53 Å². The Balaban J connectivity index is 1.30. The summed E-state index contributed by atoms with van der Waals surface area (Å²) in [6, 6.07) is 0.622. The van der Waals surface area contributed by atoms with Gasteiger partial charge >= 0.3 is 0 Å². The number of nitrogens with zero attached hydrogens (tertiary/aromatic N) is 4. The van der Waals surface area contributed by atoms with Crippen molar-refractivity contribution in [3.05, 3.63) is 11.6 Å². The number of rotatable bonds is 3. The van der Waals surface area contributed by atoms with Gasteiger partial charge in [-0.15, -0.1) is 11.3 Å². The van der Waals surface area contributed by atoms with Gasteiger partial charge in [0.25, 0.3) is 0 Å². The number of aromatic nitrogens is 1. The van der Waals surface area contributed by atoms with Gasteiger partial charge in [0.05, 0.1) is 19.1 Å². The number of morpholine rings is 1. The zero-order valence-electron chi connectivity index (χ0n) is 14.8. The van der Waals surface area contributed by atoms with Crippen molar-refractivity contribution >= 4 is 22.4 Å². The van der Waals surface area contributed by atoms with E-state index in [0.29, 0.717) is 25.2 Å². The van der Waals surface area contributed by atoms with E-state index in [2.05, 4.69) is 14.8 Å². The predicted octanol–water partition coefficient (Wildman–Crippen LogP) is 1.68. The number of hydrogen-bond acceptors (Lipinski definition) is 6. The predicted molar refractivity (Wildman–Crippen MR) is 99.0 cm³/mol. The molecule has 1 unspecified atom stereocenters. The van der Waals surface area contributed by atoms with Gasteiger partial charge in [0.2, 0.25) is 5.91 Å². The Kier molecular flexibility index (Phi) is 5.53. The zero-order chi connectivity index (χ0) is 17.1. The van der Waals surface area contributed by atoms with E-state index in [4.69, 9.17) is 4.74 Å². The Morgan fingerprint density at radius 1 is 1.12 bits per heavy atom. The SMILES string of the molecule is O=C(C1CCCN(C2CCN(c3nccs3)CC2)C1)N1CCOCC1. The molecule has 0 N–H and O–H groups in total. The summed E-state index contributed by atoms with van der Waals surface area (Å²) >= 11 is 1.73. The fourth-order valence-corrected chi connectivity index (χ4v) is 5.07. The highest BCUT2D eigenvalue weighted by Gasteiger charge is 2.34. The van der Waals surface area contributed by atoms with E-state index in [-0.39, 0.29) is 5.92 Å². The van der Waals surface area contributed by atoms with Crippen LogP contribution < -0.4 is 4.90 Å². The number of amides is 1. The minimum absolute atomic E-state index is 0.184. The van der Waals surface area contributed by atoms with Gasteiger partial charge in [-0.05, 0) is 32.2 Å². The molecule has 0 spiro atoms. The lowest BCUT2D eigenvalue weighted by molar-refractivity contribution is -0.141. The van der Waals surface area contributed by atoms with Crippen LogP contribution in [0.5, 0.6) is 0 Å². The summed E-state index contributed by atoms with van der Waals surface area (Å²) in [4.78, 5) is 24.3. The summed E-state index contributed by atoms with van der Waals surface area (Å²) in [7, 11) is 0. The number of carbonyl (C=O) groups excluding carboxylic acids is 1. The lowest BCUT2D eigenvalue weighted by Crippen LogP contribution is -2.52. The first-order valence-electron chi connectivity index (χ1n) is 9.56. The molecule has 0 aromatic carbocycles. The van der Waals surface area contributed by atoms with Crippen LogP contribution in [0.3, 0.4) is 0 Å². The monoisotopic (exact) mass is 364 g/mol. The van der Waals surface area contributed by atoms with E-state index >= 15 is 0 Å². The third-order valence-corrected chi connectivity index (χ3v) is 6.63. The standard InChI is InChI=1S/C18H28N4O2S/c23-17(20-9-11-24-12-10-20)15-2-1-6-22(14-15)16-3-7-21(8-4-16)18-19-5-13-25-18/h5,13,15-16H,1-4,6-12,14H2. The normalized spacial score (nSPS) is 26.8. The fourth-order valence-electron chi connectivity index (χ4n) is 4.38. The van der Waals surface area contributed by atoms with E-state index in [1.807, 2.05) is 16.5 Å². The van der Waals surface area contributed by atoms with Crippen LogP contribution in [0.25, 0.3) is 0 Å². The van der Waals surface area contributed by atoms with E-state index in [1.165, 1.54) is 12.8 Å². The summed E-state index contributed by atoms with van der Waals surface area (Å²) in [5, 5.41) is 3.20. The molecule has 3 saturated heterocycles. The van der Waals surface area contributed by atoms with Crippen LogP contribution in [0.4, 0.5) is 5.13 Å². The molecule has 138 valence electrons. The minimum Gasteiger partial charge on any atom is -0.378 e. The van der Waals surface area contributed by atoms with Crippen LogP contribution in [0.1, 0.15) is 25.7 Å². The molecular formula is C18H28N4O2S. The smallest absolute Gasteiger partial charge is 0.227 e. The first-order chi connectivity index (χ1) is 12.3. The number of anilines is 1. The molecule has 6 nitrogen and oxygen atoms in total. The molecule has 4 heterocycles. The van der Waals surface area contributed by atoms with E-state index in [1.54, 1.807) is 11.3 Å². The second-order valence-electron chi connectivity index (χ2n) is 7.30. The fraction of sp³-hybridized carbons (Fsp3) is 0.778. The van der Waals surface area contributed by atoms with Crippen molar-refractivity contribution in [2.45, 2.75) is 31.7 Å². The number of likely N-dealkylation sites (tertiary alicyclic amines) is 1. The molecule has 3 aliphatic heterocycles. The molecule has 0 radical (unpaired) electrons. The van der Waals surface area contributed by atoms with Gasteiger partial charge in [-0.1, -0.05) is 0 Å². The number of thiazole rings is 1. The van der Waals surface area contributed by atoms with Crippen molar-refractivity contribution in [3.63, 3.8) is 0 Å². The third-order valence-electron chi connectivity index (χ3n) is 5.80. The maximum absolute atomic E-state index is 12.8. The second-order valence-corrected chi connectivity index (χ2v) is 8.18. The molecule has 25 heavy (non-hydrogen) atoms. The second kappa shape index (κ2) is 8.01. The summed E-state index contributed by atoms with van der Waals surface area (Å²) in [5.41, 5.74) is 0. The van der Waals surface area contributed by atoms with Crippen molar-refractivity contribution in [2.75, 3.05) is 57.4 Å². The molecule has 3 fully saturated rings. The Labute approximate surface area is 153 Å². The highest BCUT2D eigenvalue weighted by molar-refractivity contribution is 7.13. The summed E-state index contributed by atoms with van der Waals surface area (Å²) < 4.78 is 5.38. The lowest BCUT2D eigenvalue weighted by atomic mass is 9.93.